The topological polar surface area (TPSA) is 96.3 Å². The number of methoxy groups -OCH3 is 1. The normalized spacial score (nSPS) is 25.5. The lowest BCUT2D eigenvalue weighted by Crippen LogP contribution is -2.58. The van der Waals surface area contributed by atoms with Crippen molar-refractivity contribution in [1.82, 2.24) is 25.7 Å². The van der Waals surface area contributed by atoms with Crippen LogP contribution in [0.15, 0.2) is 30.5 Å². The molecule has 2 N–H and O–H groups in total. The lowest BCUT2D eigenvalue weighted by Gasteiger charge is -2.45. The molecule has 2 aliphatic rings. The summed E-state index contributed by atoms with van der Waals surface area (Å²) < 4.78 is 35.1. The number of phenolic OH excluding ortho intramolecular Hbond substituents is 1. The molecule has 0 spiro atoms. The molecule has 0 radical (unpaired) electrons. The molecular weight excluding hydrogens is 454 g/mol. The predicted octanol–water partition coefficient (Wildman–Crippen LogP) is 4.09. The average Bonchev–Trinajstić information content (AvgIpc) is 3.07. The van der Waals surface area contributed by atoms with E-state index >= 15 is 8.78 Å². The third-order valence-electron chi connectivity index (χ3n) is 7.36. The summed E-state index contributed by atoms with van der Waals surface area (Å²) in [5.41, 5.74) is -0.0524. The molecule has 10 heteroatoms. The second kappa shape index (κ2) is 8.37. The number of nitrogens with zero attached hydrogens (tertiary/aromatic N) is 5. The largest absolute Gasteiger partial charge is 0.507 e. The highest BCUT2D eigenvalue weighted by Crippen LogP contribution is 2.44. The van der Waals surface area contributed by atoms with Gasteiger partial charge in [-0.25, -0.2) is 8.78 Å². The van der Waals surface area contributed by atoms with Crippen LogP contribution in [0, 0.1) is 11.6 Å². The Morgan fingerprint density at radius 3 is 2.40 bits per heavy atom. The van der Waals surface area contributed by atoms with Crippen LogP contribution in [-0.4, -0.2) is 56.8 Å². The molecule has 0 unspecified atom stereocenters. The number of halogens is 2. The Labute approximate surface area is 202 Å². The Morgan fingerprint density at radius 1 is 1.06 bits per heavy atom. The molecule has 2 aromatic heterocycles. The number of aromatic hydroxyl groups is 1. The van der Waals surface area contributed by atoms with Crippen molar-refractivity contribution < 1.29 is 18.6 Å². The maximum Gasteiger partial charge on any atom is 0.233 e. The van der Waals surface area contributed by atoms with Gasteiger partial charge >= 0.3 is 0 Å². The summed E-state index contributed by atoms with van der Waals surface area (Å²) in [6, 6.07) is 6.09. The standard InChI is InChI=1S/C25H28F2N6O2/c1-24-7-8-25(2,32-24)12-15(11-24)33(3)19-6-5-17(29-30-19)21-18(34)10-16(22(26)23(21)27)14-9-20(35-4)31-28-13-14/h5-6,9-10,13,15,32,34H,7-8,11-12H2,1-4H3/t15-,24-,25+. The molecule has 2 bridgehead atoms. The Bertz CT molecular complexity index is 1260. The van der Waals surface area contributed by atoms with Crippen LogP contribution in [0.3, 0.4) is 0 Å². The van der Waals surface area contributed by atoms with Crippen molar-refractivity contribution >= 4 is 5.82 Å². The zero-order chi connectivity index (χ0) is 25.0. The summed E-state index contributed by atoms with van der Waals surface area (Å²) in [6.07, 6.45) is 5.51. The Kier molecular flexibility index (Phi) is 5.58. The van der Waals surface area contributed by atoms with E-state index in [1.54, 1.807) is 12.1 Å². The SMILES string of the molecule is COc1cc(-c2cc(O)c(-c3ccc(N(C)[C@H]4C[C@]5(C)CC[C@](C)(C4)N5)nn3)c(F)c2F)cnn1. The van der Waals surface area contributed by atoms with E-state index in [9.17, 15) is 5.11 Å². The third-order valence-corrected chi connectivity index (χ3v) is 7.36. The van der Waals surface area contributed by atoms with Crippen LogP contribution >= 0.6 is 0 Å². The molecule has 35 heavy (non-hydrogen) atoms. The van der Waals surface area contributed by atoms with Gasteiger partial charge in [-0.1, -0.05) is 0 Å². The van der Waals surface area contributed by atoms with Crippen LogP contribution in [0.1, 0.15) is 39.5 Å². The van der Waals surface area contributed by atoms with Gasteiger partial charge in [0.25, 0.3) is 0 Å². The Hall–Kier alpha value is -3.40. The molecule has 0 saturated carbocycles. The van der Waals surface area contributed by atoms with Crippen LogP contribution in [0.5, 0.6) is 11.6 Å². The van der Waals surface area contributed by atoms with Gasteiger partial charge in [0.2, 0.25) is 5.88 Å². The molecule has 4 heterocycles. The number of nitrogens with one attached hydrogen (secondary N) is 1. The number of anilines is 1. The highest BCUT2D eigenvalue weighted by molar-refractivity contribution is 5.75. The summed E-state index contributed by atoms with van der Waals surface area (Å²) >= 11 is 0. The summed E-state index contributed by atoms with van der Waals surface area (Å²) in [7, 11) is 3.37. The van der Waals surface area contributed by atoms with Crippen LogP contribution in [-0.2, 0) is 0 Å². The van der Waals surface area contributed by atoms with Gasteiger partial charge in [0.1, 0.15) is 5.75 Å². The Morgan fingerprint density at radius 2 is 1.77 bits per heavy atom. The zero-order valence-corrected chi connectivity index (χ0v) is 20.1. The lowest BCUT2D eigenvalue weighted by atomic mass is 9.84. The summed E-state index contributed by atoms with van der Waals surface area (Å²) in [6.45, 7) is 4.52. The van der Waals surface area contributed by atoms with Crippen LogP contribution in [0.25, 0.3) is 22.4 Å². The fourth-order valence-electron chi connectivity index (χ4n) is 5.59. The van der Waals surface area contributed by atoms with Crippen LogP contribution in [0.4, 0.5) is 14.6 Å². The molecule has 3 atom stereocenters. The number of ether oxygens (including phenoxy) is 1. The zero-order valence-electron chi connectivity index (χ0n) is 20.1. The first kappa shape index (κ1) is 23.3. The second-order valence-corrected chi connectivity index (χ2v) is 10.1. The fourth-order valence-corrected chi connectivity index (χ4v) is 5.59. The van der Waals surface area contributed by atoms with E-state index in [1.165, 1.54) is 19.4 Å². The maximum atomic E-state index is 15.1. The van der Waals surface area contributed by atoms with E-state index in [2.05, 4.69) is 44.5 Å². The van der Waals surface area contributed by atoms with Crippen molar-refractivity contribution in [2.45, 2.75) is 56.7 Å². The maximum absolute atomic E-state index is 15.1. The van der Waals surface area contributed by atoms with E-state index in [4.69, 9.17) is 4.74 Å². The monoisotopic (exact) mass is 482 g/mol. The number of aromatic nitrogens is 4. The molecule has 2 aliphatic heterocycles. The number of benzene rings is 1. The van der Waals surface area contributed by atoms with Crippen molar-refractivity contribution in [3.63, 3.8) is 0 Å². The predicted molar refractivity (Wildman–Crippen MR) is 127 cm³/mol. The minimum atomic E-state index is -1.22. The van der Waals surface area contributed by atoms with Crippen LogP contribution < -0.4 is 15.0 Å². The number of piperidine rings is 1. The van der Waals surface area contributed by atoms with E-state index < -0.39 is 17.4 Å². The van der Waals surface area contributed by atoms with Gasteiger partial charge in [-0.2, -0.15) is 5.10 Å². The molecule has 2 fully saturated rings. The highest BCUT2D eigenvalue weighted by Gasteiger charge is 2.49. The lowest BCUT2D eigenvalue weighted by molar-refractivity contribution is 0.207. The minimum Gasteiger partial charge on any atom is -0.507 e. The summed E-state index contributed by atoms with van der Waals surface area (Å²) in [5.74, 6) is -2.04. The number of hydrogen-bond acceptors (Lipinski definition) is 8. The second-order valence-electron chi connectivity index (χ2n) is 10.1. The van der Waals surface area contributed by atoms with Crippen molar-refractivity contribution in [2.75, 3.05) is 19.1 Å². The number of phenols is 1. The molecule has 8 nitrogen and oxygen atoms in total. The van der Waals surface area contributed by atoms with Gasteiger partial charge in [-0.05, 0) is 57.7 Å². The van der Waals surface area contributed by atoms with E-state index in [0.29, 0.717) is 5.82 Å². The Balaban J connectivity index is 1.43. The van der Waals surface area contributed by atoms with E-state index in [1.807, 2.05) is 7.05 Å². The average molecular weight is 483 g/mol. The molecular formula is C25H28F2N6O2. The smallest absolute Gasteiger partial charge is 0.233 e. The quantitative estimate of drug-likeness (QED) is 0.561. The minimum absolute atomic E-state index is 0.0392. The van der Waals surface area contributed by atoms with Crippen molar-refractivity contribution in [3.8, 4) is 34.0 Å². The van der Waals surface area contributed by atoms with Crippen molar-refractivity contribution in [3.05, 3.63) is 42.1 Å². The van der Waals surface area contributed by atoms with Crippen LogP contribution in [0.2, 0.25) is 0 Å². The highest BCUT2D eigenvalue weighted by atomic mass is 19.2. The number of hydrogen-bond donors (Lipinski definition) is 2. The first-order valence-corrected chi connectivity index (χ1v) is 11.6. The first-order valence-electron chi connectivity index (χ1n) is 11.6. The van der Waals surface area contributed by atoms with Gasteiger partial charge < -0.3 is 20.1 Å². The van der Waals surface area contributed by atoms with Gasteiger partial charge in [-0.3, -0.25) is 0 Å². The number of fused-ring (bicyclic) bond motifs is 2. The molecule has 2 saturated heterocycles. The molecule has 5 rings (SSSR count). The molecule has 0 aliphatic carbocycles. The van der Waals surface area contributed by atoms with Gasteiger partial charge in [0, 0.05) is 41.4 Å². The summed E-state index contributed by atoms with van der Waals surface area (Å²) in [5, 5.41) is 30.2. The molecule has 184 valence electrons. The van der Waals surface area contributed by atoms with Gasteiger partial charge in [0.15, 0.2) is 17.5 Å². The van der Waals surface area contributed by atoms with Crippen molar-refractivity contribution in [2.24, 2.45) is 0 Å². The third kappa shape index (κ3) is 4.16. The van der Waals surface area contributed by atoms with Gasteiger partial charge in [0.05, 0.1) is 24.6 Å². The van der Waals surface area contributed by atoms with E-state index in [0.717, 1.165) is 31.7 Å². The molecule has 1 aromatic carbocycles. The molecule has 3 aromatic rings. The summed E-state index contributed by atoms with van der Waals surface area (Å²) in [4.78, 5) is 2.10. The fraction of sp³-hybridized carbons (Fsp3) is 0.440. The number of rotatable bonds is 5. The van der Waals surface area contributed by atoms with Gasteiger partial charge in [-0.15, -0.1) is 15.3 Å². The van der Waals surface area contributed by atoms with E-state index in [-0.39, 0.29) is 45.4 Å². The molecule has 0 amide bonds. The first-order chi connectivity index (χ1) is 16.6. The van der Waals surface area contributed by atoms with Crippen molar-refractivity contribution in [1.29, 1.82) is 0 Å².